The van der Waals surface area contributed by atoms with Gasteiger partial charge in [-0.25, -0.2) is 0 Å². The zero-order valence-electron chi connectivity index (χ0n) is 12.5. The highest BCUT2D eigenvalue weighted by molar-refractivity contribution is 5.77. The highest BCUT2D eigenvalue weighted by atomic mass is 16.5. The number of amides is 1. The molecule has 21 heavy (non-hydrogen) atoms. The van der Waals surface area contributed by atoms with Crippen LogP contribution in [0.1, 0.15) is 29.7 Å². The fourth-order valence-electron chi connectivity index (χ4n) is 2.06. The molecule has 1 N–H and O–H groups in total. The van der Waals surface area contributed by atoms with E-state index in [0.717, 1.165) is 11.1 Å². The summed E-state index contributed by atoms with van der Waals surface area (Å²) in [6.07, 6.45) is 0. The molecule has 3 heteroatoms. The summed E-state index contributed by atoms with van der Waals surface area (Å²) >= 11 is 0. The van der Waals surface area contributed by atoms with Gasteiger partial charge in [0.05, 0.1) is 12.6 Å². The van der Waals surface area contributed by atoms with Crippen LogP contribution in [0.2, 0.25) is 0 Å². The first kappa shape index (κ1) is 15.3. The maximum atomic E-state index is 11.8. The molecule has 0 saturated carbocycles. The summed E-state index contributed by atoms with van der Waals surface area (Å²) in [5.41, 5.74) is 3.37. The minimum absolute atomic E-state index is 0.0153. The Bertz CT molecular complexity index is 564. The molecule has 2 aromatic rings. The number of ether oxygens (including phenoxy) is 1. The molecule has 0 aliphatic carbocycles. The molecule has 0 aliphatic heterocycles. The van der Waals surface area contributed by atoms with Crippen molar-refractivity contribution >= 4 is 5.91 Å². The van der Waals surface area contributed by atoms with Crippen molar-refractivity contribution < 1.29 is 9.53 Å². The number of hydrogen-bond acceptors (Lipinski definition) is 2. The van der Waals surface area contributed by atoms with Crippen LogP contribution in [0, 0.1) is 6.92 Å². The Morgan fingerprint density at radius 1 is 1.10 bits per heavy atom. The summed E-state index contributed by atoms with van der Waals surface area (Å²) in [5, 5.41) is 2.94. The standard InChI is InChI=1S/C18H21NO2/c1-14-8-10-17(11-9-14)15(2)19-18(20)13-21-12-16-6-4-3-5-7-16/h3-11,15H,12-13H2,1-2H3,(H,19,20). The summed E-state index contributed by atoms with van der Waals surface area (Å²) in [6.45, 7) is 4.54. The van der Waals surface area contributed by atoms with Gasteiger partial charge < -0.3 is 10.1 Å². The highest BCUT2D eigenvalue weighted by Gasteiger charge is 2.09. The number of rotatable bonds is 6. The number of hydrogen-bond donors (Lipinski definition) is 1. The number of carbonyl (C=O) groups excluding carboxylic acids is 1. The first-order chi connectivity index (χ1) is 10.1. The smallest absolute Gasteiger partial charge is 0.246 e. The predicted octanol–water partition coefficient (Wildman–Crippen LogP) is 3.39. The van der Waals surface area contributed by atoms with Crippen molar-refractivity contribution in [1.82, 2.24) is 5.32 Å². The van der Waals surface area contributed by atoms with Crippen molar-refractivity contribution in [3.8, 4) is 0 Å². The topological polar surface area (TPSA) is 38.3 Å². The van der Waals surface area contributed by atoms with E-state index in [-0.39, 0.29) is 18.6 Å². The maximum absolute atomic E-state index is 11.8. The van der Waals surface area contributed by atoms with Crippen LogP contribution in [0.15, 0.2) is 54.6 Å². The van der Waals surface area contributed by atoms with Crippen molar-refractivity contribution in [2.24, 2.45) is 0 Å². The third-order valence-electron chi connectivity index (χ3n) is 3.30. The number of benzene rings is 2. The summed E-state index contributed by atoms with van der Waals surface area (Å²) in [5.74, 6) is -0.0981. The molecule has 0 heterocycles. The van der Waals surface area contributed by atoms with Gasteiger partial charge in [-0.3, -0.25) is 4.79 Å². The van der Waals surface area contributed by atoms with E-state index in [1.54, 1.807) is 0 Å². The van der Waals surface area contributed by atoms with Gasteiger partial charge >= 0.3 is 0 Å². The normalized spacial score (nSPS) is 11.9. The minimum Gasteiger partial charge on any atom is -0.367 e. The van der Waals surface area contributed by atoms with Crippen LogP contribution in [-0.2, 0) is 16.1 Å². The monoisotopic (exact) mass is 283 g/mol. The summed E-state index contributed by atoms with van der Waals surface area (Å²) < 4.78 is 5.43. The highest BCUT2D eigenvalue weighted by Crippen LogP contribution is 2.12. The van der Waals surface area contributed by atoms with Crippen molar-refractivity contribution in [3.63, 3.8) is 0 Å². The second-order valence-corrected chi connectivity index (χ2v) is 5.18. The van der Waals surface area contributed by atoms with E-state index < -0.39 is 0 Å². The van der Waals surface area contributed by atoms with Gasteiger partial charge in [0.2, 0.25) is 5.91 Å². The van der Waals surface area contributed by atoms with Gasteiger partial charge in [-0.15, -0.1) is 0 Å². The largest absolute Gasteiger partial charge is 0.367 e. The van der Waals surface area contributed by atoms with Crippen molar-refractivity contribution in [2.75, 3.05) is 6.61 Å². The fraction of sp³-hybridized carbons (Fsp3) is 0.278. The molecule has 2 aromatic carbocycles. The van der Waals surface area contributed by atoms with E-state index in [0.29, 0.717) is 6.61 Å². The van der Waals surface area contributed by atoms with Crippen LogP contribution in [0.5, 0.6) is 0 Å². The molecular weight excluding hydrogens is 262 g/mol. The number of aryl methyl sites for hydroxylation is 1. The third kappa shape index (κ3) is 5.04. The maximum Gasteiger partial charge on any atom is 0.246 e. The van der Waals surface area contributed by atoms with Crippen LogP contribution >= 0.6 is 0 Å². The Balaban J connectivity index is 1.75. The van der Waals surface area contributed by atoms with E-state index in [9.17, 15) is 4.79 Å². The fourth-order valence-corrected chi connectivity index (χ4v) is 2.06. The van der Waals surface area contributed by atoms with E-state index >= 15 is 0 Å². The lowest BCUT2D eigenvalue weighted by atomic mass is 10.1. The van der Waals surface area contributed by atoms with Gasteiger partial charge in [0, 0.05) is 0 Å². The van der Waals surface area contributed by atoms with Gasteiger partial charge in [0.25, 0.3) is 0 Å². The SMILES string of the molecule is Cc1ccc(C(C)NC(=O)COCc2ccccc2)cc1. The Morgan fingerprint density at radius 3 is 2.43 bits per heavy atom. The lowest BCUT2D eigenvalue weighted by molar-refractivity contribution is -0.126. The van der Waals surface area contributed by atoms with Crippen LogP contribution in [0.4, 0.5) is 0 Å². The Labute approximate surface area is 126 Å². The van der Waals surface area contributed by atoms with Crippen molar-refractivity contribution in [2.45, 2.75) is 26.5 Å². The summed E-state index contributed by atoms with van der Waals surface area (Å²) in [4.78, 5) is 11.8. The average molecular weight is 283 g/mol. The van der Waals surface area contributed by atoms with Crippen molar-refractivity contribution in [1.29, 1.82) is 0 Å². The Morgan fingerprint density at radius 2 is 1.76 bits per heavy atom. The number of carbonyl (C=O) groups is 1. The molecule has 0 aromatic heterocycles. The molecule has 1 unspecified atom stereocenters. The zero-order chi connectivity index (χ0) is 15.1. The van der Waals surface area contributed by atoms with E-state index in [1.165, 1.54) is 5.56 Å². The van der Waals surface area contributed by atoms with E-state index in [1.807, 2.05) is 68.4 Å². The molecule has 0 aliphatic rings. The van der Waals surface area contributed by atoms with Gasteiger partial charge in [0.1, 0.15) is 6.61 Å². The molecule has 1 amide bonds. The van der Waals surface area contributed by atoms with Gasteiger partial charge in [0.15, 0.2) is 0 Å². The van der Waals surface area contributed by atoms with E-state index in [2.05, 4.69) is 5.32 Å². The van der Waals surface area contributed by atoms with Crippen molar-refractivity contribution in [3.05, 3.63) is 71.3 Å². The van der Waals surface area contributed by atoms with Crippen LogP contribution < -0.4 is 5.32 Å². The molecule has 110 valence electrons. The second-order valence-electron chi connectivity index (χ2n) is 5.18. The molecule has 0 bridgehead atoms. The zero-order valence-corrected chi connectivity index (χ0v) is 12.5. The molecular formula is C18H21NO2. The average Bonchev–Trinajstić information content (AvgIpc) is 2.49. The molecule has 2 rings (SSSR count). The first-order valence-corrected chi connectivity index (χ1v) is 7.13. The molecule has 0 radical (unpaired) electrons. The van der Waals surface area contributed by atoms with Crippen LogP contribution in [0.3, 0.4) is 0 Å². The summed E-state index contributed by atoms with van der Waals surface area (Å²) in [6, 6.07) is 18.0. The molecule has 0 fully saturated rings. The third-order valence-corrected chi connectivity index (χ3v) is 3.30. The van der Waals surface area contributed by atoms with E-state index in [4.69, 9.17) is 4.74 Å². The Hall–Kier alpha value is -2.13. The van der Waals surface area contributed by atoms with Gasteiger partial charge in [-0.1, -0.05) is 60.2 Å². The predicted molar refractivity (Wildman–Crippen MR) is 83.8 cm³/mol. The number of nitrogens with one attached hydrogen (secondary N) is 1. The van der Waals surface area contributed by atoms with Crippen LogP contribution in [0.25, 0.3) is 0 Å². The quantitative estimate of drug-likeness (QED) is 0.882. The lowest BCUT2D eigenvalue weighted by Gasteiger charge is -2.14. The molecule has 0 saturated heterocycles. The van der Waals surface area contributed by atoms with Gasteiger partial charge in [-0.2, -0.15) is 0 Å². The molecule has 0 spiro atoms. The molecule has 1 atom stereocenters. The second kappa shape index (κ2) is 7.60. The summed E-state index contributed by atoms with van der Waals surface area (Å²) in [7, 11) is 0. The minimum atomic E-state index is -0.0981. The first-order valence-electron chi connectivity index (χ1n) is 7.13. The van der Waals surface area contributed by atoms with Gasteiger partial charge in [-0.05, 0) is 25.0 Å². The lowest BCUT2D eigenvalue weighted by Crippen LogP contribution is -2.30. The Kier molecular flexibility index (Phi) is 5.52. The molecule has 3 nitrogen and oxygen atoms in total. The van der Waals surface area contributed by atoms with Crippen LogP contribution in [-0.4, -0.2) is 12.5 Å².